The van der Waals surface area contributed by atoms with E-state index in [1.807, 2.05) is 11.0 Å². The fourth-order valence-corrected chi connectivity index (χ4v) is 2.04. The predicted octanol–water partition coefficient (Wildman–Crippen LogP) is 0.805. The number of hydrogen-bond donors (Lipinski definition) is 0. The SMILES string of the molecule is O=C1C[C@H]2SC=CCN12. The van der Waals surface area contributed by atoms with Crippen molar-refractivity contribution < 1.29 is 4.79 Å². The van der Waals surface area contributed by atoms with Crippen LogP contribution in [0.1, 0.15) is 6.42 Å². The molecule has 0 aromatic heterocycles. The van der Waals surface area contributed by atoms with Gasteiger partial charge in [0.15, 0.2) is 0 Å². The van der Waals surface area contributed by atoms with Crippen molar-refractivity contribution in [2.24, 2.45) is 0 Å². The van der Waals surface area contributed by atoms with Crippen molar-refractivity contribution >= 4 is 17.7 Å². The van der Waals surface area contributed by atoms with Crippen molar-refractivity contribution in [3.8, 4) is 0 Å². The molecular weight excluding hydrogens is 134 g/mol. The highest BCUT2D eigenvalue weighted by Gasteiger charge is 2.36. The molecule has 2 aliphatic heterocycles. The first-order valence-corrected chi connectivity index (χ1v) is 3.92. The average molecular weight is 141 g/mol. The van der Waals surface area contributed by atoms with Crippen LogP contribution in [-0.4, -0.2) is 22.7 Å². The van der Waals surface area contributed by atoms with E-state index in [9.17, 15) is 4.79 Å². The van der Waals surface area contributed by atoms with Crippen molar-refractivity contribution in [2.45, 2.75) is 11.8 Å². The van der Waals surface area contributed by atoms with E-state index < -0.39 is 0 Å². The summed E-state index contributed by atoms with van der Waals surface area (Å²) in [6.45, 7) is 0.830. The minimum absolute atomic E-state index is 0.303. The quantitative estimate of drug-likeness (QED) is 0.465. The molecule has 48 valence electrons. The number of β-lactam (4-membered cyclic amide) rings is 1. The van der Waals surface area contributed by atoms with Gasteiger partial charge in [0, 0.05) is 6.54 Å². The first kappa shape index (κ1) is 5.35. The molecule has 9 heavy (non-hydrogen) atoms. The summed E-state index contributed by atoms with van der Waals surface area (Å²) in [5.74, 6) is 0.303. The van der Waals surface area contributed by atoms with Crippen molar-refractivity contribution in [1.82, 2.24) is 4.90 Å². The lowest BCUT2D eigenvalue weighted by atomic mass is 10.2. The summed E-state index contributed by atoms with van der Waals surface area (Å²) in [7, 11) is 0. The van der Waals surface area contributed by atoms with Crippen LogP contribution in [0.4, 0.5) is 0 Å². The Morgan fingerprint density at radius 3 is 3.22 bits per heavy atom. The summed E-state index contributed by atoms with van der Waals surface area (Å²) in [4.78, 5) is 12.6. The number of thioether (sulfide) groups is 1. The molecule has 2 rings (SSSR count). The number of rotatable bonds is 0. The van der Waals surface area contributed by atoms with Crippen molar-refractivity contribution in [1.29, 1.82) is 0 Å². The van der Waals surface area contributed by atoms with Crippen LogP contribution in [0.15, 0.2) is 11.5 Å². The van der Waals surface area contributed by atoms with Crippen LogP contribution in [0.5, 0.6) is 0 Å². The highest BCUT2D eigenvalue weighted by atomic mass is 32.2. The molecule has 0 aromatic carbocycles. The highest BCUT2D eigenvalue weighted by Crippen LogP contribution is 2.32. The van der Waals surface area contributed by atoms with Crippen molar-refractivity contribution in [3.63, 3.8) is 0 Å². The summed E-state index contributed by atoms with van der Waals surface area (Å²) in [5.41, 5.74) is 0. The molecule has 2 heterocycles. The zero-order chi connectivity index (χ0) is 6.27. The van der Waals surface area contributed by atoms with E-state index in [1.165, 1.54) is 0 Å². The topological polar surface area (TPSA) is 20.3 Å². The van der Waals surface area contributed by atoms with Gasteiger partial charge < -0.3 is 4.90 Å². The Kier molecular flexibility index (Phi) is 1.05. The largest absolute Gasteiger partial charge is 0.326 e. The van der Waals surface area contributed by atoms with E-state index in [4.69, 9.17) is 0 Å². The van der Waals surface area contributed by atoms with E-state index in [2.05, 4.69) is 5.41 Å². The Morgan fingerprint density at radius 1 is 1.78 bits per heavy atom. The molecule has 0 radical (unpaired) electrons. The second-order valence-electron chi connectivity index (χ2n) is 2.21. The van der Waals surface area contributed by atoms with Crippen LogP contribution in [0, 0.1) is 0 Å². The van der Waals surface area contributed by atoms with Gasteiger partial charge in [-0.3, -0.25) is 4.79 Å². The van der Waals surface area contributed by atoms with Crippen LogP contribution in [0.2, 0.25) is 0 Å². The van der Waals surface area contributed by atoms with E-state index >= 15 is 0 Å². The number of hydrogen-bond acceptors (Lipinski definition) is 2. The third-order valence-corrected chi connectivity index (χ3v) is 2.74. The average Bonchev–Trinajstić information content (AvgIpc) is 1.86. The predicted molar refractivity (Wildman–Crippen MR) is 36.8 cm³/mol. The molecule has 0 aromatic rings. The van der Waals surface area contributed by atoms with Gasteiger partial charge in [-0.1, -0.05) is 6.08 Å². The lowest BCUT2D eigenvalue weighted by molar-refractivity contribution is -0.140. The van der Waals surface area contributed by atoms with E-state index in [1.54, 1.807) is 11.8 Å². The van der Waals surface area contributed by atoms with Gasteiger partial charge in [0.25, 0.3) is 0 Å². The Bertz CT molecular complexity index is 178. The number of nitrogens with zero attached hydrogens (tertiary/aromatic N) is 1. The standard InChI is InChI=1S/C6H7NOS/c8-5-4-6-7(5)2-1-3-9-6/h1,3,6H,2,4H2/t6-/m1/s1. The second-order valence-corrected chi connectivity index (χ2v) is 3.30. The smallest absolute Gasteiger partial charge is 0.226 e. The molecule has 0 saturated carbocycles. The van der Waals surface area contributed by atoms with E-state index in [0.717, 1.165) is 13.0 Å². The maximum absolute atomic E-state index is 10.7. The van der Waals surface area contributed by atoms with Crippen molar-refractivity contribution in [2.75, 3.05) is 6.54 Å². The first-order valence-electron chi connectivity index (χ1n) is 2.98. The molecule has 1 atom stereocenters. The van der Waals surface area contributed by atoms with Gasteiger partial charge in [0.2, 0.25) is 5.91 Å². The molecule has 0 spiro atoms. The monoisotopic (exact) mass is 141 g/mol. The second kappa shape index (κ2) is 1.77. The Labute approximate surface area is 57.9 Å². The summed E-state index contributed by atoms with van der Waals surface area (Å²) in [6, 6.07) is 0. The first-order chi connectivity index (χ1) is 4.38. The lowest BCUT2D eigenvalue weighted by Gasteiger charge is -2.40. The van der Waals surface area contributed by atoms with E-state index in [-0.39, 0.29) is 0 Å². The lowest BCUT2D eigenvalue weighted by Crippen LogP contribution is -2.51. The minimum Gasteiger partial charge on any atom is -0.326 e. The van der Waals surface area contributed by atoms with Crippen LogP contribution >= 0.6 is 11.8 Å². The number of fused-ring (bicyclic) bond motifs is 1. The Hall–Kier alpha value is -0.440. The molecule has 0 aliphatic carbocycles. The van der Waals surface area contributed by atoms with Crippen molar-refractivity contribution in [3.05, 3.63) is 11.5 Å². The molecule has 2 aliphatic rings. The molecular formula is C6H7NOS. The van der Waals surface area contributed by atoms with Crippen LogP contribution < -0.4 is 0 Å². The molecule has 0 unspecified atom stereocenters. The fourth-order valence-electron chi connectivity index (χ4n) is 1.07. The van der Waals surface area contributed by atoms with E-state index in [0.29, 0.717) is 11.3 Å². The van der Waals surface area contributed by atoms with Crippen LogP contribution in [0.25, 0.3) is 0 Å². The summed E-state index contributed by atoms with van der Waals surface area (Å²) in [5, 5.41) is 2.55. The summed E-state index contributed by atoms with van der Waals surface area (Å²) in [6.07, 6.45) is 2.77. The number of carbonyl (C=O) groups excluding carboxylic acids is 1. The molecule has 0 N–H and O–H groups in total. The number of amides is 1. The molecule has 2 nitrogen and oxygen atoms in total. The minimum atomic E-state index is 0.303. The number of carbonyl (C=O) groups is 1. The zero-order valence-corrected chi connectivity index (χ0v) is 5.73. The third-order valence-electron chi connectivity index (χ3n) is 1.65. The maximum Gasteiger partial charge on any atom is 0.226 e. The molecule has 1 amide bonds. The Balaban J connectivity index is 2.12. The third kappa shape index (κ3) is 0.678. The van der Waals surface area contributed by atoms with Crippen LogP contribution in [-0.2, 0) is 4.79 Å². The summed E-state index contributed by atoms with van der Waals surface area (Å²) >= 11 is 1.74. The molecule has 0 bridgehead atoms. The normalized spacial score (nSPS) is 31.8. The van der Waals surface area contributed by atoms with Gasteiger partial charge in [0.1, 0.15) is 0 Å². The van der Waals surface area contributed by atoms with Gasteiger partial charge in [0.05, 0.1) is 11.8 Å². The van der Waals surface area contributed by atoms with Crippen LogP contribution in [0.3, 0.4) is 0 Å². The van der Waals surface area contributed by atoms with Gasteiger partial charge in [-0.25, -0.2) is 0 Å². The van der Waals surface area contributed by atoms with Gasteiger partial charge in [-0.15, -0.1) is 11.8 Å². The maximum atomic E-state index is 10.7. The Morgan fingerprint density at radius 2 is 2.67 bits per heavy atom. The zero-order valence-electron chi connectivity index (χ0n) is 4.91. The molecule has 3 heteroatoms. The van der Waals surface area contributed by atoms with Gasteiger partial charge >= 0.3 is 0 Å². The van der Waals surface area contributed by atoms with Gasteiger partial charge in [-0.2, -0.15) is 0 Å². The molecule has 1 fully saturated rings. The van der Waals surface area contributed by atoms with Gasteiger partial charge in [-0.05, 0) is 5.41 Å². The molecule has 1 saturated heterocycles. The summed E-state index contributed by atoms with van der Waals surface area (Å²) < 4.78 is 0. The highest BCUT2D eigenvalue weighted by molar-refractivity contribution is 8.02. The fraction of sp³-hybridized carbons (Fsp3) is 0.500.